The molecule has 2 heterocycles. The molecule has 0 bridgehead atoms. The van der Waals surface area contributed by atoms with Crippen molar-refractivity contribution in [1.82, 2.24) is 4.57 Å². The number of rotatable bonds is 4. The number of benzene rings is 1. The molecule has 0 saturated heterocycles. The molecule has 3 rings (SSSR count). The molecule has 2 aromatic heterocycles. The van der Waals surface area contributed by atoms with Crippen molar-refractivity contribution >= 4 is 39.0 Å². The summed E-state index contributed by atoms with van der Waals surface area (Å²) in [7, 11) is 0. The lowest BCUT2D eigenvalue weighted by Gasteiger charge is -1.99. The van der Waals surface area contributed by atoms with E-state index in [0.29, 0.717) is 16.9 Å². The maximum Gasteiger partial charge on any atom is 0.433 e. The lowest BCUT2D eigenvalue weighted by Crippen LogP contribution is -2.15. The Balaban J connectivity index is 2.10. The number of aryl methyl sites for hydroxylation is 1. The number of nitrogens with zero attached hydrogens (tertiary/aromatic N) is 4. The largest absolute Gasteiger partial charge is 0.433 e. The van der Waals surface area contributed by atoms with Gasteiger partial charge in [-0.2, -0.15) is 4.99 Å². The average molecular weight is 362 g/mol. The fraction of sp³-hybridized carbons (Fsp3) is 0.143. The number of amides is 1. The lowest BCUT2D eigenvalue weighted by atomic mass is 10.3. The lowest BCUT2D eigenvalue weighted by molar-refractivity contribution is -0.402. The van der Waals surface area contributed by atoms with Gasteiger partial charge in [-0.05, 0) is 19.1 Å². The number of aromatic nitrogens is 1. The molecular formula is C14H10N4O6S. The number of carbonyl (C=O) groups excluding carboxylic acids is 1. The number of carbonyl (C=O) groups is 1. The minimum atomic E-state index is -0.767. The zero-order chi connectivity index (χ0) is 18.1. The van der Waals surface area contributed by atoms with Crippen LogP contribution >= 0.6 is 11.3 Å². The Morgan fingerprint density at radius 2 is 2.00 bits per heavy atom. The summed E-state index contributed by atoms with van der Waals surface area (Å²) in [5, 5.41) is 21.5. The molecule has 11 heteroatoms. The van der Waals surface area contributed by atoms with Gasteiger partial charge in [-0.15, -0.1) is 0 Å². The van der Waals surface area contributed by atoms with Gasteiger partial charge < -0.3 is 8.98 Å². The molecule has 0 aliphatic rings. The van der Waals surface area contributed by atoms with E-state index in [0.717, 1.165) is 10.8 Å². The standard InChI is InChI=1S/C14H10N4O6S/c1-2-16-9-7-8(17(20)21)3-5-11(9)25-14(16)15-13(19)10-4-6-12(24-10)18(22)23/h3-7H,2H2,1H3. The topological polar surface area (TPSA) is 134 Å². The Kier molecular flexibility index (Phi) is 4.15. The second-order valence-electron chi connectivity index (χ2n) is 4.85. The number of thiazole rings is 1. The van der Waals surface area contributed by atoms with Crippen molar-refractivity contribution in [2.24, 2.45) is 4.99 Å². The molecule has 128 valence electrons. The van der Waals surface area contributed by atoms with Gasteiger partial charge in [-0.1, -0.05) is 11.3 Å². The van der Waals surface area contributed by atoms with E-state index >= 15 is 0 Å². The van der Waals surface area contributed by atoms with Crippen molar-refractivity contribution in [2.75, 3.05) is 0 Å². The van der Waals surface area contributed by atoms with Crippen LogP contribution in [-0.2, 0) is 6.54 Å². The Bertz CT molecular complexity index is 1080. The van der Waals surface area contributed by atoms with Crippen LogP contribution in [0.4, 0.5) is 11.6 Å². The fourth-order valence-corrected chi connectivity index (χ4v) is 3.32. The SMILES string of the molecule is CCn1c(=NC(=O)c2ccc([N+](=O)[O-])o2)sc2ccc([N+](=O)[O-])cc21. The van der Waals surface area contributed by atoms with Crippen LogP contribution in [0, 0.1) is 20.2 Å². The summed E-state index contributed by atoms with van der Waals surface area (Å²) in [5.74, 6) is -1.57. The predicted molar refractivity (Wildman–Crippen MR) is 87.4 cm³/mol. The quantitative estimate of drug-likeness (QED) is 0.517. The third-order valence-corrected chi connectivity index (χ3v) is 4.43. The van der Waals surface area contributed by atoms with Crippen molar-refractivity contribution in [3.8, 4) is 0 Å². The average Bonchev–Trinajstić information content (AvgIpc) is 3.18. The minimum absolute atomic E-state index is 0.0629. The second kappa shape index (κ2) is 6.28. The molecular weight excluding hydrogens is 352 g/mol. The Morgan fingerprint density at radius 1 is 1.24 bits per heavy atom. The summed E-state index contributed by atoms with van der Waals surface area (Å²) in [6.07, 6.45) is 0. The first-order valence-electron chi connectivity index (χ1n) is 7.01. The van der Waals surface area contributed by atoms with Gasteiger partial charge in [-0.3, -0.25) is 25.0 Å². The highest BCUT2D eigenvalue weighted by Gasteiger charge is 2.18. The second-order valence-corrected chi connectivity index (χ2v) is 5.86. The van der Waals surface area contributed by atoms with E-state index in [1.807, 2.05) is 6.92 Å². The number of hydrogen-bond acceptors (Lipinski definition) is 7. The van der Waals surface area contributed by atoms with Crippen molar-refractivity contribution in [1.29, 1.82) is 0 Å². The number of fused-ring (bicyclic) bond motifs is 1. The summed E-state index contributed by atoms with van der Waals surface area (Å²) >= 11 is 1.18. The molecule has 0 fully saturated rings. The molecule has 0 atom stereocenters. The molecule has 25 heavy (non-hydrogen) atoms. The molecule has 0 radical (unpaired) electrons. The van der Waals surface area contributed by atoms with E-state index in [1.165, 1.54) is 29.5 Å². The third-order valence-electron chi connectivity index (χ3n) is 3.37. The van der Waals surface area contributed by atoms with Gasteiger partial charge in [0.05, 0.1) is 21.2 Å². The third kappa shape index (κ3) is 3.04. The van der Waals surface area contributed by atoms with Gasteiger partial charge in [0.25, 0.3) is 5.69 Å². The van der Waals surface area contributed by atoms with E-state index in [2.05, 4.69) is 4.99 Å². The van der Waals surface area contributed by atoms with Gasteiger partial charge in [-0.25, -0.2) is 0 Å². The molecule has 1 aromatic carbocycles. The Hall–Kier alpha value is -3.34. The van der Waals surface area contributed by atoms with E-state index in [9.17, 15) is 25.0 Å². The van der Waals surface area contributed by atoms with E-state index in [-0.39, 0.29) is 11.4 Å². The van der Waals surface area contributed by atoms with Crippen LogP contribution in [0.5, 0.6) is 0 Å². The molecule has 0 N–H and O–H groups in total. The number of nitro benzene ring substituents is 1. The van der Waals surface area contributed by atoms with E-state index in [1.54, 1.807) is 10.6 Å². The molecule has 0 unspecified atom stereocenters. The molecule has 0 aliphatic heterocycles. The first-order valence-corrected chi connectivity index (χ1v) is 7.83. The zero-order valence-electron chi connectivity index (χ0n) is 12.7. The van der Waals surface area contributed by atoms with Crippen molar-refractivity contribution in [3.05, 3.63) is 61.1 Å². The first kappa shape index (κ1) is 16.5. The molecule has 1 amide bonds. The van der Waals surface area contributed by atoms with E-state index < -0.39 is 21.6 Å². The maximum absolute atomic E-state index is 12.2. The van der Waals surface area contributed by atoms with Crippen molar-refractivity contribution in [2.45, 2.75) is 13.5 Å². The highest BCUT2D eigenvalue weighted by atomic mass is 32.1. The summed E-state index contributed by atoms with van der Waals surface area (Å²) in [6.45, 7) is 2.25. The Labute approximate surface area is 142 Å². The molecule has 0 saturated carbocycles. The smallest absolute Gasteiger partial charge is 0.395 e. The van der Waals surface area contributed by atoms with Crippen LogP contribution in [0.25, 0.3) is 10.2 Å². The van der Waals surface area contributed by atoms with Gasteiger partial charge in [0, 0.05) is 18.7 Å². The van der Waals surface area contributed by atoms with Crippen LogP contribution in [0.3, 0.4) is 0 Å². The summed E-state index contributed by atoms with van der Waals surface area (Å²) in [5.41, 5.74) is 0.519. The first-order chi connectivity index (χ1) is 11.9. The van der Waals surface area contributed by atoms with Crippen molar-refractivity contribution in [3.63, 3.8) is 0 Å². The van der Waals surface area contributed by atoms with Crippen LogP contribution in [-0.4, -0.2) is 20.3 Å². The van der Waals surface area contributed by atoms with Gasteiger partial charge >= 0.3 is 11.8 Å². The summed E-state index contributed by atoms with van der Waals surface area (Å²) in [6, 6.07) is 6.63. The summed E-state index contributed by atoms with van der Waals surface area (Å²) in [4.78, 5) is 36.7. The number of non-ortho nitro benzene ring substituents is 1. The number of furan rings is 1. The fourth-order valence-electron chi connectivity index (χ4n) is 2.24. The molecule has 0 aliphatic carbocycles. The summed E-state index contributed by atoms with van der Waals surface area (Å²) < 4.78 is 7.22. The predicted octanol–water partition coefficient (Wildman–Crippen LogP) is 2.87. The molecule has 10 nitrogen and oxygen atoms in total. The monoisotopic (exact) mass is 362 g/mol. The highest BCUT2D eigenvalue weighted by molar-refractivity contribution is 7.16. The minimum Gasteiger partial charge on any atom is -0.395 e. The normalized spacial score (nSPS) is 11.8. The van der Waals surface area contributed by atoms with Gasteiger partial charge in [0.1, 0.15) is 4.92 Å². The van der Waals surface area contributed by atoms with E-state index in [4.69, 9.17) is 4.42 Å². The van der Waals surface area contributed by atoms with Gasteiger partial charge in [0.2, 0.25) is 5.76 Å². The molecule has 0 spiro atoms. The van der Waals surface area contributed by atoms with Crippen LogP contribution in [0.15, 0.2) is 39.7 Å². The van der Waals surface area contributed by atoms with Crippen LogP contribution in [0.1, 0.15) is 17.5 Å². The number of hydrogen-bond donors (Lipinski definition) is 0. The zero-order valence-corrected chi connectivity index (χ0v) is 13.6. The Morgan fingerprint density at radius 3 is 2.60 bits per heavy atom. The van der Waals surface area contributed by atoms with Crippen LogP contribution < -0.4 is 4.80 Å². The van der Waals surface area contributed by atoms with Crippen LogP contribution in [0.2, 0.25) is 0 Å². The highest BCUT2D eigenvalue weighted by Crippen LogP contribution is 2.23. The molecule has 3 aromatic rings. The number of nitro groups is 2. The maximum atomic E-state index is 12.2. The van der Waals surface area contributed by atoms with Gasteiger partial charge in [0.15, 0.2) is 4.80 Å². The van der Waals surface area contributed by atoms with Crippen molar-refractivity contribution < 1.29 is 19.1 Å².